The van der Waals surface area contributed by atoms with Crippen LogP contribution in [0.25, 0.3) is 0 Å². The molecule has 1 atom stereocenters. The maximum Gasteiger partial charge on any atom is 0.281 e. The van der Waals surface area contributed by atoms with Crippen molar-refractivity contribution in [2.45, 2.75) is 26.2 Å². The molecule has 25 heavy (non-hydrogen) atoms. The number of likely N-dealkylation sites (N-methyl/N-ethyl adjacent to an activating group) is 1. The molecule has 0 bridgehead atoms. The van der Waals surface area contributed by atoms with Gasteiger partial charge in [0.25, 0.3) is 5.91 Å². The van der Waals surface area contributed by atoms with E-state index in [1.54, 1.807) is 18.2 Å². The first kappa shape index (κ1) is 19.3. The number of nitrogens with zero attached hydrogens (tertiary/aromatic N) is 1. The molecule has 0 aliphatic carbocycles. The van der Waals surface area contributed by atoms with Crippen molar-refractivity contribution < 1.29 is 19.0 Å². The summed E-state index contributed by atoms with van der Waals surface area (Å²) in [5.74, 6) is 1.01. The zero-order valence-corrected chi connectivity index (χ0v) is 15.8. The molecule has 0 aliphatic heterocycles. The Morgan fingerprint density at radius 2 is 2.00 bits per heavy atom. The van der Waals surface area contributed by atoms with Crippen LogP contribution in [0.1, 0.15) is 26.5 Å². The first-order valence-electron chi connectivity index (χ1n) is 8.21. The number of hydrogen-bond donors (Lipinski definition) is 2. The lowest BCUT2D eigenvalue weighted by molar-refractivity contribution is -0.871. The third-order valence-corrected chi connectivity index (χ3v) is 3.87. The number of hydrogen-bond acceptors (Lipinski definition) is 4. The fourth-order valence-corrected chi connectivity index (χ4v) is 2.23. The largest absolute Gasteiger partial charge is 0.488 e. The minimum atomic E-state index is -0.124. The number of quaternary nitrogens is 1. The number of rotatable bonds is 7. The van der Waals surface area contributed by atoms with Gasteiger partial charge in [0, 0.05) is 16.5 Å². The maximum absolute atomic E-state index is 12.1. The Morgan fingerprint density at radius 3 is 2.60 bits per heavy atom. The molecular weight excluding hydrogens is 342 g/mol. The molecule has 0 saturated carbocycles. The molecule has 1 heterocycles. The molecule has 2 aromatic rings. The van der Waals surface area contributed by atoms with E-state index in [0.29, 0.717) is 30.6 Å². The average Bonchev–Trinajstić information content (AvgIpc) is 2.97. The lowest BCUT2D eigenvalue weighted by atomic mass is 9.92. The minimum Gasteiger partial charge on any atom is -0.488 e. The van der Waals surface area contributed by atoms with Crippen molar-refractivity contribution in [3.05, 3.63) is 41.0 Å². The molecule has 6 nitrogen and oxygen atoms in total. The second-order valence-corrected chi connectivity index (χ2v) is 7.50. The predicted molar refractivity (Wildman–Crippen MR) is 97.4 cm³/mol. The number of carbonyl (C=O) groups excluding carboxylic acids is 1. The summed E-state index contributed by atoms with van der Waals surface area (Å²) in [5, 5.41) is 7.39. The zero-order valence-electron chi connectivity index (χ0n) is 15.1. The van der Waals surface area contributed by atoms with Crippen molar-refractivity contribution >= 4 is 23.4 Å². The van der Waals surface area contributed by atoms with Crippen molar-refractivity contribution in [2.24, 2.45) is 0 Å². The second kappa shape index (κ2) is 8.36. The number of halogens is 1. The summed E-state index contributed by atoms with van der Waals surface area (Å²) in [7, 11) is 1.94. The van der Waals surface area contributed by atoms with Crippen molar-refractivity contribution in [3.63, 3.8) is 0 Å². The standard InChI is InChI=1S/C18H24ClN3O3/c1-18(2,3)15-11-17(25-21-15)20-16(23)12-22(4)9-10-24-14-7-5-13(19)6-8-14/h5-8,11H,9-10,12H2,1-4H3,(H,20,23)/p+1. The topological polar surface area (TPSA) is 68.8 Å². The molecule has 136 valence electrons. The van der Waals surface area contributed by atoms with E-state index in [2.05, 4.69) is 10.5 Å². The summed E-state index contributed by atoms with van der Waals surface area (Å²) in [6.45, 7) is 7.63. The van der Waals surface area contributed by atoms with Crippen LogP contribution in [-0.2, 0) is 10.2 Å². The van der Waals surface area contributed by atoms with E-state index in [-0.39, 0.29) is 11.3 Å². The van der Waals surface area contributed by atoms with Crippen LogP contribution in [0.2, 0.25) is 5.02 Å². The van der Waals surface area contributed by atoms with Gasteiger partial charge in [0.15, 0.2) is 6.54 Å². The van der Waals surface area contributed by atoms with E-state index >= 15 is 0 Å². The van der Waals surface area contributed by atoms with Crippen LogP contribution in [0.15, 0.2) is 34.9 Å². The molecule has 1 aromatic carbocycles. The van der Waals surface area contributed by atoms with Gasteiger partial charge in [-0.1, -0.05) is 37.5 Å². The molecule has 1 amide bonds. The molecular formula is C18H25ClN3O3+. The van der Waals surface area contributed by atoms with Gasteiger partial charge < -0.3 is 14.2 Å². The predicted octanol–water partition coefficient (Wildman–Crippen LogP) is 2.16. The van der Waals surface area contributed by atoms with Crippen molar-refractivity contribution in [2.75, 3.05) is 32.1 Å². The number of carbonyl (C=O) groups is 1. The van der Waals surface area contributed by atoms with Gasteiger partial charge in [-0.25, -0.2) is 0 Å². The van der Waals surface area contributed by atoms with Crippen LogP contribution in [0.3, 0.4) is 0 Å². The summed E-state index contributed by atoms with van der Waals surface area (Å²) in [6.07, 6.45) is 0. The first-order valence-corrected chi connectivity index (χ1v) is 8.58. The number of amides is 1. The van der Waals surface area contributed by atoms with E-state index in [9.17, 15) is 4.79 Å². The van der Waals surface area contributed by atoms with Crippen molar-refractivity contribution in [3.8, 4) is 5.75 Å². The normalized spacial score (nSPS) is 12.7. The third kappa shape index (κ3) is 6.40. The van der Waals surface area contributed by atoms with E-state index in [1.165, 1.54) is 0 Å². The number of benzene rings is 1. The van der Waals surface area contributed by atoms with E-state index in [1.807, 2.05) is 40.0 Å². The number of anilines is 1. The van der Waals surface area contributed by atoms with Gasteiger partial charge in [-0.15, -0.1) is 0 Å². The van der Waals surface area contributed by atoms with Crippen LogP contribution < -0.4 is 15.0 Å². The first-order chi connectivity index (χ1) is 11.7. The van der Waals surface area contributed by atoms with Crippen LogP contribution in [-0.4, -0.2) is 37.8 Å². The van der Waals surface area contributed by atoms with Gasteiger partial charge >= 0.3 is 0 Å². The number of ether oxygens (including phenoxy) is 1. The molecule has 0 fully saturated rings. The van der Waals surface area contributed by atoms with Crippen LogP contribution in [0.4, 0.5) is 5.88 Å². The van der Waals surface area contributed by atoms with Gasteiger partial charge in [-0.3, -0.25) is 10.1 Å². The number of nitrogens with one attached hydrogen (secondary N) is 2. The summed E-state index contributed by atoms with van der Waals surface area (Å²) >= 11 is 5.83. The molecule has 0 aliphatic rings. The Hall–Kier alpha value is -2.05. The van der Waals surface area contributed by atoms with E-state index in [4.69, 9.17) is 20.9 Å². The highest BCUT2D eigenvalue weighted by Crippen LogP contribution is 2.23. The zero-order chi connectivity index (χ0) is 18.4. The van der Waals surface area contributed by atoms with Gasteiger partial charge in [-0.05, 0) is 24.3 Å². The summed E-state index contributed by atoms with van der Waals surface area (Å²) in [5.41, 5.74) is 0.688. The third-order valence-electron chi connectivity index (χ3n) is 3.61. The minimum absolute atomic E-state index is 0.118. The quantitative estimate of drug-likeness (QED) is 0.788. The second-order valence-electron chi connectivity index (χ2n) is 7.06. The van der Waals surface area contributed by atoms with Gasteiger partial charge in [0.1, 0.15) is 18.9 Å². The Balaban J connectivity index is 1.72. The molecule has 0 spiro atoms. The monoisotopic (exact) mass is 366 g/mol. The fraction of sp³-hybridized carbons (Fsp3) is 0.444. The average molecular weight is 367 g/mol. The highest BCUT2D eigenvalue weighted by molar-refractivity contribution is 6.30. The highest BCUT2D eigenvalue weighted by atomic mass is 35.5. The summed E-state index contributed by atoms with van der Waals surface area (Å²) < 4.78 is 10.8. The number of aromatic nitrogens is 1. The smallest absolute Gasteiger partial charge is 0.281 e. The van der Waals surface area contributed by atoms with Crippen molar-refractivity contribution in [1.82, 2.24) is 5.16 Å². The lowest BCUT2D eigenvalue weighted by Gasteiger charge is -2.14. The molecule has 0 radical (unpaired) electrons. The van der Waals surface area contributed by atoms with Crippen LogP contribution in [0.5, 0.6) is 5.75 Å². The molecule has 0 saturated heterocycles. The Labute approximate surface area is 153 Å². The summed E-state index contributed by atoms with van der Waals surface area (Å²) in [6, 6.07) is 8.97. The Bertz CT molecular complexity index is 692. The van der Waals surface area contributed by atoms with Gasteiger partial charge in [0.05, 0.1) is 12.7 Å². The van der Waals surface area contributed by atoms with Crippen molar-refractivity contribution in [1.29, 1.82) is 0 Å². The fourth-order valence-electron chi connectivity index (χ4n) is 2.11. The summed E-state index contributed by atoms with van der Waals surface area (Å²) in [4.78, 5) is 13.1. The SMILES string of the molecule is C[NH+](CCOc1ccc(Cl)cc1)CC(=O)Nc1cc(C(C)(C)C)no1. The Morgan fingerprint density at radius 1 is 1.32 bits per heavy atom. The van der Waals surface area contributed by atoms with Crippen LogP contribution >= 0.6 is 11.6 Å². The molecule has 2 N–H and O–H groups in total. The van der Waals surface area contributed by atoms with Gasteiger partial charge in [0.2, 0.25) is 5.88 Å². The molecule has 1 unspecified atom stereocenters. The van der Waals surface area contributed by atoms with E-state index in [0.717, 1.165) is 16.3 Å². The Kier molecular flexibility index (Phi) is 6.45. The van der Waals surface area contributed by atoms with Gasteiger partial charge in [-0.2, -0.15) is 0 Å². The maximum atomic E-state index is 12.1. The molecule has 7 heteroatoms. The highest BCUT2D eigenvalue weighted by Gasteiger charge is 2.20. The molecule has 2 rings (SSSR count). The lowest BCUT2D eigenvalue weighted by Crippen LogP contribution is -3.10. The van der Waals surface area contributed by atoms with Crippen LogP contribution in [0, 0.1) is 0 Å². The molecule has 1 aromatic heterocycles. The van der Waals surface area contributed by atoms with E-state index < -0.39 is 0 Å².